The van der Waals surface area contributed by atoms with Crippen LogP contribution in [0.2, 0.25) is 0 Å². The molecule has 0 aliphatic heterocycles. The van der Waals surface area contributed by atoms with Crippen LogP contribution in [0, 0.1) is 6.92 Å². The number of unbranched alkanes of at least 4 members (excludes halogenated alkanes) is 1. The van der Waals surface area contributed by atoms with E-state index in [1.165, 1.54) is 49.0 Å². The Balaban J connectivity index is 1.93. The van der Waals surface area contributed by atoms with Gasteiger partial charge in [0.2, 0.25) is 0 Å². The van der Waals surface area contributed by atoms with Crippen molar-refractivity contribution in [2.24, 2.45) is 0 Å². The summed E-state index contributed by atoms with van der Waals surface area (Å²) in [5.74, 6) is 0. The zero-order valence-electron chi connectivity index (χ0n) is 13.2. The summed E-state index contributed by atoms with van der Waals surface area (Å²) in [4.78, 5) is 2.47. The third kappa shape index (κ3) is 3.12. The molecule has 0 spiro atoms. The summed E-state index contributed by atoms with van der Waals surface area (Å²) in [6.07, 6.45) is 6.28. The van der Waals surface area contributed by atoms with E-state index in [4.69, 9.17) is 0 Å². The number of fused-ring (bicyclic) bond motifs is 1. The summed E-state index contributed by atoms with van der Waals surface area (Å²) in [7, 11) is 0. The minimum Gasteiger partial charge on any atom is -0.341 e. The molecule has 3 rings (SSSR count). The first-order chi connectivity index (χ1) is 10.3. The molecule has 1 heteroatoms. The SMILES string of the molecule is CCCCN(c1ccc(C)cc1)c1ccc2c(c1)CCC2. The first kappa shape index (κ1) is 14.2. The number of nitrogens with zero attached hydrogens (tertiary/aromatic N) is 1. The topological polar surface area (TPSA) is 3.24 Å². The fourth-order valence-electron chi connectivity index (χ4n) is 3.17. The van der Waals surface area contributed by atoms with Crippen LogP contribution < -0.4 is 4.90 Å². The maximum absolute atomic E-state index is 2.47. The van der Waals surface area contributed by atoms with E-state index in [9.17, 15) is 0 Å². The molecule has 1 aliphatic carbocycles. The second-order valence-corrected chi connectivity index (χ2v) is 6.15. The van der Waals surface area contributed by atoms with E-state index in [1.54, 1.807) is 11.1 Å². The lowest BCUT2D eigenvalue weighted by Gasteiger charge is -2.26. The van der Waals surface area contributed by atoms with Crippen LogP contribution in [0.15, 0.2) is 42.5 Å². The van der Waals surface area contributed by atoms with Gasteiger partial charge in [0, 0.05) is 17.9 Å². The Bertz CT molecular complexity index is 598. The third-order valence-electron chi connectivity index (χ3n) is 4.47. The Morgan fingerprint density at radius 1 is 0.905 bits per heavy atom. The van der Waals surface area contributed by atoms with E-state index in [0.717, 1.165) is 6.54 Å². The number of hydrogen-bond donors (Lipinski definition) is 0. The number of benzene rings is 2. The quantitative estimate of drug-likeness (QED) is 0.706. The minimum atomic E-state index is 1.10. The Hall–Kier alpha value is -1.76. The molecule has 21 heavy (non-hydrogen) atoms. The second kappa shape index (κ2) is 6.34. The molecule has 0 heterocycles. The molecule has 0 fully saturated rings. The van der Waals surface area contributed by atoms with Gasteiger partial charge in [0.05, 0.1) is 0 Å². The van der Waals surface area contributed by atoms with Gasteiger partial charge in [-0.15, -0.1) is 0 Å². The van der Waals surface area contributed by atoms with Crippen molar-refractivity contribution in [1.82, 2.24) is 0 Å². The van der Waals surface area contributed by atoms with E-state index in [1.807, 2.05) is 0 Å². The first-order valence-electron chi connectivity index (χ1n) is 8.24. The van der Waals surface area contributed by atoms with E-state index in [0.29, 0.717) is 0 Å². The van der Waals surface area contributed by atoms with Crippen LogP contribution in [-0.2, 0) is 12.8 Å². The monoisotopic (exact) mass is 279 g/mol. The smallest absolute Gasteiger partial charge is 0.0413 e. The molecule has 0 amide bonds. The Kier molecular flexibility index (Phi) is 4.28. The fourth-order valence-corrected chi connectivity index (χ4v) is 3.17. The predicted octanol–water partition coefficient (Wildman–Crippen LogP) is 5.42. The Morgan fingerprint density at radius 2 is 1.62 bits per heavy atom. The highest BCUT2D eigenvalue weighted by Gasteiger charge is 2.14. The summed E-state index contributed by atoms with van der Waals surface area (Å²) in [6, 6.07) is 16.0. The fraction of sp³-hybridized carbons (Fsp3) is 0.400. The lowest BCUT2D eigenvalue weighted by molar-refractivity contribution is 0.785. The van der Waals surface area contributed by atoms with Gasteiger partial charge in [0.25, 0.3) is 0 Å². The van der Waals surface area contributed by atoms with Crippen molar-refractivity contribution in [2.45, 2.75) is 46.0 Å². The minimum absolute atomic E-state index is 1.10. The highest BCUT2D eigenvalue weighted by molar-refractivity contribution is 5.65. The van der Waals surface area contributed by atoms with E-state index in [-0.39, 0.29) is 0 Å². The second-order valence-electron chi connectivity index (χ2n) is 6.15. The van der Waals surface area contributed by atoms with Gasteiger partial charge in [-0.1, -0.05) is 37.1 Å². The van der Waals surface area contributed by atoms with Gasteiger partial charge < -0.3 is 4.90 Å². The number of aryl methyl sites for hydroxylation is 3. The van der Waals surface area contributed by atoms with Gasteiger partial charge in [-0.05, 0) is 68.0 Å². The largest absolute Gasteiger partial charge is 0.341 e. The first-order valence-corrected chi connectivity index (χ1v) is 8.24. The molecule has 0 atom stereocenters. The highest BCUT2D eigenvalue weighted by Crippen LogP contribution is 2.31. The van der Waals surface area contributed by atoms with Crippen LogP contribution in [0.1, 0.15) is 42.9 Å². The summed E-state index contributed by atoms with van der Waals surface area (Å²) in [5, 5.41) is 0. The molecule has 0 unspecified atom stereocenters. The van der Waals surface area contributed by atoms with Gasteiger partial charge in [-0.25, -0.2) is 0 Å². The van der Waals surface area contributed by atoms with Gasteiger partial charge >= 0.3 is 0 Å². The third-order valence-corrected chi connectivity index (χ3v) is 4.47. The van der Waals surface area contributed by atoms with Crippen LogP contribution in [0.3, 0.4) is 0 Å². The van der Waals surface area contributed by atoms with Gasteiger partial charge in [-0.2, -0.15) is 0 Å². The molecule has 0 radical (unpaired) electrons. The van der Waals surface area contributed by atoms with E-state index >= 15 is 0 Å². The van der Waals surface area contributed by atoms with Crippen molar-refractivity contribution in [2.75, 3.05) is 11.4 Å². The van der Waals surface area contributed by atoms with Crippen molar-refractivity contribution < 1.29 is 0 Å². The molecule has 0 N–H and O–H groups in total. The van der Waals surface area contributed by atoms with E-state index < -0.39 is 0 Å². The molecule has 1 aliphatic rings. The van der Waals surface area contributed by atoms with Gasteiger partial charge in [0.15, 0.2) is 0 Å². The average Bonchev–Trinajstić information content (AvgIpc) is 2.97. The summed E-state index contributed by atoms with van der Waals surface area (Å²) < 4.78 is 0. The normalized spacial score (nSPS) is 13.2. The molecular formula is C20H25N. The number of hydrogen-bond acceptors (Lipinski definition) is 1. The maximum atomic E-state index is 2.47. The number of rotatable bonds is 5. The van der Waals surface area contributed by atoms with Crippen LogP contribution in [0.5, 0.6) is 0 Å². The number of anilines is 2. The summed E-state index contributed by atoms with van der Waals surface area (Å²) in [5.41, 5.74) is 7.10. The Labute approximate surface area is 128 Å². The molecule has 0 bridgehead atoms. The van der Waals surface area contributed by atoms with Crippen LogP contribution >= 0.6 is 0 Å². The zero-order valence-corrected chi connectivity index (χ0v) is 13.2. The van der Waals surface area contributed by atoms with Crippen LogP contribution in [0.25, 0.3) is 0 Å². The van der Waals surface area contributed by atoms with Crippen molar-refractivity contribution in [3.63, 3.8) is 0 Å². The van der Waals surface area contributed by atoms with Gasteiger partial charge in [0.1, 0.15) is 0 Å². The van der Waals surface area contributed by atoms with Crippen molar-refractivity contribution in [3.05, 3.63) is 59.2 Å². The van der Waals surface area contributed by atoms with Crippen molar-refractivity contribution >= 4 is 11.4 Å². The zero-order chi connectivity index (χ0) is 14.7. The molecule has 110 valence electrons. The highest BCUT2D eigenvalue weighted by atomic mass is 15.1. The molecule has 0 saturated carbocycles. The van der Waals surface area contributed by atoms with E-state index in [2.05, 4.69) is 61.2 Å². The van der Waals surface area contributed by atoms with Crippen LogP contribution in [-0.4, -0.2) is 6.54 Å². The van der Waals surface area contributed by atoms with Crippen molar-refractivity contribution in [1.29, 1.82) is 0 Å². The summed E-state index contributed by atoms with van der Waals surface area (Å²) in [6.45, 7) is 5.50. The molecule has 2 aromatic carbocycles. The maximum Gasteiger partial charge on any atom is 0.0413 e. The average molecular weight is 279 g/mol. The van der Waals surface area contributed by atoms with Crippen molar-refractivity contribution in [3.8, 4) is 0 Å². The Morgan fingerprint density at radius 3 is 2.38 bits per heavy atom. The molecule has 2 aromatic rings. The standard InChI is InChI=1S/C20H25N/c1-3-4-14-21(19-11-8-16(2)9-12-19)20-13-10-17-6-5-7-18(17)15-20/h8-13,15H,3-7,14H2,1-2H3. The molecule has 0 aromatic heterocycles. The lowest BCUT2D eigenvalue weighted by atomic mass is 10.1. The lowest BCUT2D eigenvalue weighted by Crippen LogP contribution is -2.18. The predicted molar refractivity (Wildman–Crippen MR) is 91.6 cm³/mol. The van der Waals surface area contributed by atoms with Gasteiger partial charge in [-0.3, -0.25) is 0 Å². The summed E-state index contributed by atoms with van der Waals surface area (Å²) >= 11 is 0. The van der Waals surface area contributed by atoms with Crippen LogP contribution in [0.4, 0.5) is 11.4 Å². The molecule has 1 nitrogen and oxygen atoms in total. The molecular weight excluding hydrogens is 254 g/mol. The molecule has 0 saturated heterocycles.